The fourth-order valence-electron chi connectivity index (χ4n) is 2.36. The highest BCUT2D eigenvalue weighted by molar-refractivity contribution is 5.70. The first-order valence-electron chi connectivity index (χ1n) is 5.75. The van der Waals surface area contributed by atoms with E-state index in [0.29, 0.717) is 17.7 Å². The summed E-state index contributed by atoms with van der Waals surface area (Å²) < 4.78 is 5.20. The van der Waals surface area contributed by atoms with Gasteiger partial charge >= 0.3 is 0 Å². The molecule has 0 atom stereocenters. The van der Waals surface area contributed by atoms with Crippen molar-refractivity contribution in [3.8, 4) is 17.0 Å². The van der Waals surface area contributed by atoms with E-state index in [1.807, 2.05) is 18.2 Å². The van der Waals surface area contributed by atoms with Crippen LogP contribution in [-0.2, 0) is 12.8 Å². The predicted octanol–water partition coefficient (Wildman–Crippen LogP) is 1.13. The van der Waals surface area contributed by atoms with E-state index in [0.717, 1.165) is 23.3 Å². The van der Waals surface area contributed by atoms with Crippen LogP contribution in [-0.4, -0.2) is 17.1 Å². The van der Waals surface area contributed by atoms with Crippen LogP contribution in [0.5, 0.6) is 5.75 Å². The zero-order valence-electron chi connectivity index (χ0n) is 9.99. The van der Waals surface area contributed by atoms with Crippen LogP contribution in [0.4, 0.5) is 5.95 Å². The number of methoxy groups -OCH3 is 1. The summed E-state index contributed by atoms with van der Waals surface area (Å²) in [6, 6.07) is 5.78. The first-order valence-corrected chi connectivity index (χ1v) is 5.75. The van der Waals surface area contributed by atoms with Crippen LogP contribution >= 0.6 is 0 Å². The van der Waals surface area contributed by atoms with Crippen LogP contribution in [0.3, 0.4) is 0 Å². The minimum Gasteiger partial charge on any atom is -0.497 e. The van der Waals surface area contributed by atoms with Crippen LogP contribution in [0.25, 0.3) is 11.3 Å². The van der Waals surface area contributed by atoms with Crippen LogP contribution < -0.4 is 16.0 Å². The highest BCUT2D eigenvalue weighted by atomic mass is 16.5. The summed E-state index contributed by atoms with van der Waals surface area (Å²) in [7, 11) is 1.64. The number of ether oxygens (including phenoxy) is 1. The van der Waals surface area contributed by atoms with Gasteiger partial charge in [0.05, 0.1) is 12.8 Å². The van der Waals surface area contributed by atoms with Gasteiger partial charge in [-0.05, 0) is 36.6 Å². The van der Waals surface area contributed by atoms with Gasteiger partial charge in [0.2, 0.25) is 5.95 Å². The zero-order valence-corrected chi connectivity index (χ0v) is 9.99. The quantitative estimate of drug-likeness (QED) is 0.786. The zero-order chi connectivity index (χ0) is 12.7. The average molecular weight is 243 g/mol. The first kappa shape index (κ1) is 10.8. The van der Waals surface area contributed by atoms with Gasteiger partial charge in [-0.2, -0.15) is 0 Å². The number of fused-ring (bicyclic) bond motifs is 3. The molecule has 18 heavy (non-hydrogen) atoms. The van der Waals surface area contributed by atoms with Crippen LogP contribution in [0.15, 0.2) is 23.0 Å². The normalized spacial score (nSPS) is 12.7. The van der Waals surface area contributed by atoms with Crippen molar-refractivity contribution in [1.82, 2.24) is 9.97 Å². The molecule has 0 spiro atoms. The molecule has 0 aliphatic heterocycles. The van der Waals surface area contributed by atoms with Crippen LogP contribution in [0, 0.1) is 0 Å². The topological polar surface area (TPSA) is 81.0 Å². The summed E-state index contributed by atoms with van der Waals surface area (Å²) in [5, 5.41) is 0. The SMILES string of the molecule is COc1ccc2c(c1)CCc1c-2nc(N)[nH]c1=O. The molecule has 3 N–H and O–H groups in total. The van der Waals surface area contributed by atoms with Crippen LogP contribution in [0.1, 0.15) is 11.1 Å². The monoisotopic (exact) mass is 243 g/mol. The molecular weight excluding hydrogens is 230 g/mol. The molecule has 0 unspecified atom stereocenters. The lowest BCUT2D eigenvalue weighted by atomic mass is 9.89. The van der Waals surface area contributed by atoms with Crippen molar-refractivity contribution in [2.75, 3.05) is 12.8 Å². The molecule has 1 aliphatic carbocycles. The summed E-state index contributed by atoms with van der Waals surface area (Å²) in [4.78, 5) is 18.6. The lowest BCUT2D eigenvalue weighted by Crippen LogP contribution is -2.21. The largest absolute Gasteiger partial charge is 0.497 e. The summed E-state index contributed by atoms with van der Waals surface area (Å²) in [5.41, 5.74) is 8.98. The molecule has 1 heterocycles. The minimum absolute atomic E-state index is 0.140. The number of benzene rings is 1. The number of rotatable bonds is 1. The number of nitrogen functional groups attached to an aromatic ring is 1. The van der Waals surface area contributed by atoms with Crippen molar-refractivity contribution >= 4 is 5.95 Å². The lowest BCUT2D eigenvalue weighted by Gasteiger charge is -2.18. The standard InChI is InChI=1S/C13H13N3O2/c1-18-8-3-5-9-7(6-8)2-4-10-11(9)15-13(14)16-12(10)17/h3,5-6H,2,4H2,1H3,(H3,14,15,16,17). The van der Waals surface area contributed by atoms with E-state index in [1.165, 1.54) is 0 Å². The Bertz CT molecular complexity index is 676. The Morgan fingerprint density at radius 1 is 1.39 bits per heavy atom. The summed E-state index contributed by atoms with van der Waals surface area (Å²) in [6.45, 7) is 0. The van der Waals surface area contributed by atoms with E-state index in [9.17, 15) is 4.79 Å². The number of hydrogen-bond acceptors (Lipinski definition) is 4. The fourth-order valence-corrected chi connectivity index (χ4v) is 2.36. The van der Waals surface area contributed by atoms with Crippen molar-refractivity contribution in [3.05, 3.63) is 39.7 Å². The average Bonchev–Trinajstić information content (AvgIpc) is 2.37. The molecule has 0 saturated carbocycles. The minimum atomic E-state index is -0.140. The predicted molar refractivity (Wildman–Crippen MR) is 68.7 cm³/mol. The molecule has 0 radical (unpaired) electrons. The number of nitrogens with zero attached hydrogens (tertiary/aromatic N) is 1. The van der Waals surface area contributed by atoms with Crippen LogP contribution in [0.2, 0.25) is 0 Å². The molecule has 92 valence electrons. The molecule has 0 amide bonds. The molecule has 1 aromatic heterocycles. The maximum atomic E-state index is 11.8. The van der Waals surface area contributed by atoms with E-state index in [1.54, 1.807) is 7.11 Å². The highest BCUT2D eigenvalue weighted by Crippen LogP contribution is 2.32. The van der Waals surface area contributed by atoms with E-state index in [4.69, 9.17) is 10.5 Å². The number of hydrogen-bond donors (Lipinski definition) is 2. The van der Waals surface area contributed by atoms with Crippen molar-refractivity contribution in [3.63, 3.8) is 0 Å². The molecule has 0 bridgehead atoms. The second kappa shape index (κ2) is 3.87. The van der Waals surface area contributed by atoms with Gasteiger partial charge in [-0.25, -0.2) is 4.98 Å². The number of aryl methyl sites for hydroxylation is 1. The lowest BCUT2D eigenvalue weighted by molar-refractivity contribution is 0.414. The molecule has 3 rings (SSSR count). The molecule has 1 aliphatic rings. The van der Waals surface area contributed by atoms with Gasteiger partial charge in [0.15, 0.2) is 0 Å². The van der Waals surface area contributed by atoms with Crippen molar-refractivity contribution in [2.45, 2.75) is 12.8 Å². The molecule has 0 fully saturated rings. The van der Waals surface area contributed by atoms with Gasteiger partial charge < -0.3 is 10.5 Å². The van der Waals surface area contributed by atoms with E-state index < -0.39 is 0 Å². The van der Waals surface area contributed by atoms with Gasteiger partial charge in [-0.3, -0.25) is 9.78 Å². The summed E-state index contributed by atoms with van der Waals surface area (Å²) >= 11 is 0. The number of anilines is 1. The summed E-state index contributed by atoms with van der Waals surface area (Å²) in [5.74, 6) is 0.970. The summed E-state index contributed by atoms with van der Waals surface area (Å²) in [6.07, 6.45) is 1.49. The van der Waals surface area contributed by atoms with E-state index in [2.05, 4.69) is 9.97 Å². The maximum absolute atomic E-state index is 11.8. The number of H-pyrrole nitrogens is 1. The number of aromatic nitrogens is 2. The van der Waals surface area contributed by atoms with Gasteiger partial charge in [-0.15, -0.1) is 0 Å². The Hall–Kier alpha value is -2.30. The number of nitrogens with one attached hydrogen (secondary N) is 1. The Balaban J connectivity index is 2.25. The van der Waals surface area contributed by atoms with Gasteiger partial charge in [-0.1, -0.05) is 0 Å². The molecular formula is C13H13N3O2. The highest BCUT2D eigenvalue weighted by Gasteiger charge is 2.20. The molecule has 5 nitrogen and oxygen atoms in total. The van der Waals surface area contributed by atoms with Gasteiger partial charge in [0.1, 0.15) is 5.75 Å². The first-order chi connectivity index (χ1) is 8.69. The van der Waals surface area contributed by atoms with Crippen molar-refractivity contribution in [2.24, 2.45) is 0 Å². The van der Waals surface area contributed by atoms with Crippen molar-refractivity contribution in [1.29, 1.82) is 0 Å². The smallest absolute Gasteiger partial charge is 0.256 e. The Morgan fingerprint density at radius 3 is 3.00 bits per heavy atom. The van der Waals surface area contributed by atoms with E-state index in [-0.39, 0.29) is 11.5 Å². The Morgan fingerprint density at radius 2 is 2.22 bits per heavy atom. The third-order valence-electron chi connectivity index (χ3n) is 3.25. The maximum Gasteiger partial charge on any atom is 0.256 e. The third-order valence-corrected chi connectivity index (χ3v) is 3.25. The number of nitrogens with two attached hydrogens (primary N) is 1. The molecule has 2 aromatic rings. The second-order valence-corrected chi connectivity index (χ2v) is 4.30. The Labute approximate surface area is 104 Å². The second-order valence-electron chi connectivity index (χ2n) is 4.30. The van der Waals surface area contributed by atoms with E-state index >= 15 is 0 Å². The Kier molecular flexibility index (Phi) is 2.33. The molecule has 0 saturated heterocycles. The van der Waals surface area contributed by atoms with Gasteiger partial charge in [0.25, 0.3) is 5.56 Å². The van der Waals surface area contributed by atoms with Crippen molar-refractivity contribution < 1.29 is 4.74 Å². The molecule has 5 heteroatoms. The van der Waals surface area contributed by atoms with Gasteiger partial charge in [0, 0.05) is 11.1 Å². The fraction of sp³-hybridized carbons (Fsp3) is 0.231. The third kappa shape index (κ3) is 1.55. The number of aromatic amines is 1. The molecule has 1 aromatic carbocycles.